The molecule has 3 heterocycles. The molecule has 1 aromatic carbocycles. The van der Waals surface area contributed by atoms with Crippen LogP contribution in [-0.4, -0.2) is 36.1 Å². The standard InChI is InChI=1S/C20H24N4O2/c1-13-17-10-18(25)24(12-14-5-7-16(26-2)8-6-14)20(17)23-19(22-13)15-4-3-9-21-11-15/h5-8,15,21H,3-4,9-12H2,1-2H3. The van der Waals surface area contributed by atoms with E-state index in [4.69, 9.17) is 14.7 Å². The predicted molar refractivity (Wildman–Crippen MR) is 99.5 cm³/mol. The molecular weight excluding hydrogens is 328 g/mol. The van der Waals surface area contributed by atoms with Gasteiger partial charge in [-0.25, -0.2) is 9.97 Å². The maximum Gasteiger partial charge on any atom is 0.233 e. The van der Waals surface area contributed by atoms with Gasteiger partial charge in [0.15, 0.2) is 0 Å². The Balaban J connectivity index is 1.63. The van der Waals surface area contributed by atoms with Gasteiger partial charge in [-0.3, -0.25) is 9.69 Å². The quantitative estimate of drug-likeness (QED) is 0.915. The van der Waals surface area contributed by atoms with E-state index < -0.39 is 0 Å². The van der Waals surface area contributed by atoms with E-state index in [1.54, 1.807) is 12.0 Å². The van der Waals surface area contributed by atoms with E-state index in [9.17, 15) is 4.79 Å². The van der Waals surface area contributed by atoms with E-state index in [0.29, 0.717) is 18.9 Å². The molecule has 1 amide bonds. The third kappa shape index (κ3) is 3.17. The van der Waals surface area contributed by atoms with Crippen LogP contribution in [0.25, 0.3) is 0 Å². The molecule has 1 saturated heterocycles. The number of rotatable bonds is 4. The number of carbonyl (C=O) groups excluding carboxylic acids is 1. The number of aromatic nitrogens is 2. The lowest BCUT2D eigenvalue weighted by molar-refractivity contribution is -0.117. The van der Waals surface area contributed by atoms with Crippen molar-refractivity contribution in [2.75, 3.05) is 25.1 Å². The Morgan fingerprint density at radius 3 is 2.77 bits per heavy atom. The molecular formula is C20H24N4O2. The van der Waals surface area contributed by atoms with Crippen molar-refractivity contribution in [2.24, 2.45) is 0 Å². The number of nitrogens with zero attached hydrogens (tertiary/aromatic N) is 3. The minimum Gasteiger partial charge on any atom is -0.497 e. The molecule has 1 atom stereocenters. The molecule has 1 unspecified atom stereocenters. The van der Waals surface area contributed by atoms with Crippen LogP contribution in [0.3, 0.4) is 0 Å². The van der Waals surface area contributed by atoms with Gasteiger partial charge in [-0.05, 0) is 44.0 Å². The van der Waals surface area contributed by atoms with Gasteiger partial charge in [-0.15, -0.1) is 0 Å². The summed E-state index contributed by atoms with van der Waals surface area (Å²) in [6.45, 7) is 4.48. The SMILES string of the molecule is COc1ccc(CN2C(=O)Cc3c(C)nc(C4CCCNC4)nc32)cc1. The van der Waals surface area contributed by atoms with Crippen LogP contribution in [-0.2, 0) is 17.8 Å². The molecule has 2 aromatic rings. The van der Waals surface area contributed by atoms with Crippen LogP contribution >= 0.6 is 0 Å². The number of anilines is 1. The number of amides is 1. The van der Waals surface area contributed by atoms with Crippen molar-refractivity contribution in [1.82, 2.24) is 15.3 Å². The number of carbonyl (C=O) groups is 1. The third-order valence-corrected chi connectivity index (χ3v) is 5.26. The lowest BCUT2D eigenvalue weighted by atomic mass is 9.98. The van der Waals surface area contributed by atoms with Gasteiger partial charge >= 0.3 is 0 Å². The zero-order valence-corrected chi connectivity index (χ0v) is 15.3. The van der Waals surface area contributed by atoms with Gasteiger partial charge in [0, 0.05) is 23.7 Å². The Morgan fingerprint density at radius 2 is 2.08 bits per heavy atom. The summed E-state index contributed by atoms with van der Waals surface area (Å²) >= 11 is 0. The monoisotopic (exact) mass is 352 g/mol. The van der Waals surface area contributed by atoms with Crippen molar-refractivity contribution in [3.8, 4) is 5.75 Å². The van der Waals surface area contributed by atoms with Crippen LogP contribution in [0.2, 0.25) is 0 Å². The van der Waals surface area contributed by atoms with Gasteiger partial charge in [0.2, 0.25) is 5.91 Å². The number of hydrogen-bond donors (Lipinski definition) is 1. The summed E-state index contributed by atoms with van der Waals surface area (Å²) in [6, 6.07) is 7.82. The van der Waals surface area contributed by atoms with E-state index in [-0.39, 0.29) is 5.91 Å². The summed E-state index contributed by atoms with van der Waals surface area (Å²) in [5.41, 5.74) is 2.96. The fourth-order valence-electron chi connectivity index (χ4n) is 3.73. The van der Waals surface area contributed by atoms with Gasteiger partial charge in [0.05, 0.1) is 20.1 Å². The molecule has 6 nitrogen and oxygen atoms in total. The van der Waals surface area contributed by atoms with Crippen molar-refractivity contribution in [3.05, 3.63) is 46.9 Å². The lowest BCUT2D eigenvalue weighted by Gasteiger charge is -2.23. The Kier molecular flexibility index (Phi) is 4.59. The second-order valence-corrected chi connectivity index (χ2v) is 7.02. The molecule has 0 bridgehead atoms. The smallest absolute Gasteiger partial charge is 0.233 e. The first-order valence-corrected chi connectivity index (χ1v) is 9.17. The molecule has 2 aliphatic rings. The Labute approximate surface area is 153 Å². The maximum atomic E-state index is 12.6. The molecule has 6 heteroatoms. The number of ether oxygens (including phenoxy) is 1. The van der Waals surface area contributed by atoms with Crippen LogP contribution in [0.4, 0.5) is 5.82 Å². The number of methoxy groups -OCH3 is 1. The normalized spacial score (nSPS) is 19.5. The highest BCUT2D eigenvalue weighted by Crippen LogP contribution is 2.32. The molecule has 0 spiro atoms. The number of nitrogens with one attached hydrogen (secondary N) is 1. The first-order chi connectivity index (χ1) is 12.7. The molecule has 0 aliphatic carbocycles. The topological polar surface area (TPSA) is 67.3 Å². The second kappa shape index (κ2) is 7.03. The first-order valence-electron chi connectivity index (χ1n) is 9.17. The molecule has 2 aliphatic heterocycles. The number of aryl methyl sites for hydroxylation is 1. The van der Waals surface area contributed by atoms with Crippen LogP contribution in [0.15, 0.2) is 24.3 Å². The fraction of sp³-hybridized carbons (Fsp3) is 0.450. The van der Waals surface area contributed by atoms with Crippen LogP contribution in [0, 0.1) is 6.92 Å². The van der Waals surface area contributed by atoms with Crippen LogP contribution in [0.5, 0.6) is 5.75 Å². The molecule has 26 heavy (non-hydrogen) atoms. The third-order valence-electron chi connectivity index (χ3n) is 5.26. The Hall–Kier alpha value is -2.47. The molecule has 4 rings (SSSR count). The minimum atomic E-state index is 0.0899. The second-order valence-electron chi connectivity index (χ2n) is 7.02. The van der Waals surface area contributed by atoms with E-state index >= 15 is 0 Å². The van der Waals surface area contributed by atoms with Crippen molar-refractivity contribution in [3.63, 3.8) is 0 Å². The summed E-state index contributed by atoms with van der Waals surface area (Å²) in [5, 5.41) is 3.42. The zero-order chi connectivity index (χ0) is 18.1. The molecule has 1 aromatic heterocycles. The highest BCUT2D eigenvalue weighted by atomic mass is 16.5. The number of hydrogen-bond acceptors (Lipinski definition) is 5. The summed E-state index contributed by atoms with van der Waals surface area (Å²) in [6.07, 6.45) is 2.62. The Bertz CT molecular complexity index is 813. The van der Waals surface area contributed by atoms with Crippen LogP contribution in [0.1, 0.15) is 41.4 Å². The van der Waals surface area contributed by atoms with Gasteiger partial charge in [0.1, 0.15) is 17.4 Å². The zero-order valence-electron chi connectivity index (χ0n) is 15.3. The average molecular weight is 352 g/mol. The maximum absolute atomic E-state index is 12.6. The highest BCUT2D eigenvalue weighted by Gasteiger charge is 2.32. The first kappa shape index (κ1) is 17.0. The van der Waals surface area contributed by atoms with Gasteiger partial charge in [-0.2, -0.15) is 0 Å². The van der Waals surface area contributed by atoms with Gasteiger partial charge < -0.3 is 10.1 Å². The van der Waals surface area contributed by atoms with Crippen molar-refractivity contribution >= 4 is 11.7 Å². The summed E-state index contributed by atoms with van der Waals surface area (Å²) in [5.74, 6) is 2.88. The van der Waals surface area contributed by atoms with Crippen molar-refractivity contribution in [1.29, 1.82) is 0 Å². The van der Waals surface area contributed by atoms with E-state index in [1.165, 1.54) is 0 Å². The van der Waals surface area contributed by atoms with Crippen molar-refractivity contribution < 1.29 is 9.53 Å². The fourth-order valence-corrected chi connectivity index (χ4v) is 3.73. The summed E-state index contributed by atoms with van der Waals surface area (Å²) in [7, 11) is 1.65. The molecule has 1 fully saturated rings. The minimum absolute atomic E-state index is 0.0899. The number of piperidine rings is 1. The average Bonchev–Trinajstić information content (AvgIpc) is 2.99. The highest BCUT2D eigenvalue weighted by molar-refractivity contribution is 6.00. The van der Waals surface area contributed by atoms with Crippen molar-refractivity contribution in [2.45, 2.75) is 38.6 Å². The number of benzene rings is 1. The van der Waals surface area contributed by atoms with Crippen LogP contribution < -0.4 is 15.0 Å². The molecule has 0 radical (unpaired) electrons. The van der Waals surface area contributed by atoms with E-state index in [2.05, 4.69) is 5.32 Å². The molecule has 136 valence electrons. The molecule has 0 saturated carbocycles. The summed E-state index contributed by atoms with van der Waals surface area (Å²) < 4.78 is 5.21. The largest absolute Gasteiger partial charge is 0.497 e. The summed E-state index contributed by atoms with van der Waals surface area (Å²) in [4.78, 5) is 24.0. The lowest BCUT2D eigenvalue weighted by Crippen LogP contribution is -2.30. The van der Waals surface area contributed by atoms with Gasteiger partial charge in [0.25, 0.3) is 0 Å². The van der Waals surface area contributed by atoms with E-state index in [1.807, 2.05) is 31.2 Å². The molecule has 1 N–H and O–H groups in total. The number of fused-ring (bicyclic) bond motifs is 1. The Morgan fingerprint density at radius 1 is 1.27 bits per heavy atom. The van der Waals surface area contributed by atoms with E-state index in [0.717, 1.165) is 60.1 Å². The van der Waals surface area contributed by atoms with Gasteiger partial charge in [-0.1, -0.05) is 12.1 Å². The predicted octanol–water partition coefficient (Wildman–Crippen LogP) is 2.35.